The first-order valence-electron chi connectivity index (χ1n) is 3.97. The first kappa shape index (κ1) is 12.0. The number of alkyl halides is 1. The van der Waals surface area contributed by atoms with Crippen LogP contribution in [0.2, 0.25) is 0 Å². The minimum absolute atomic E-state index is 0.0559. The highest BCUT2D eigenvalue weighted by molar-refractivity contribution is 9.10. The van der Waals surface area contributed by atoms with E-state index >= 15 is 0 Å². The Hall–Kier alpha value is -1.07. The van der Waals surface area contributed by atoms with Gasteiger partial charge in [-0.05, 0) is 28.1 Å². The monoisotopic (exact) mass is 290 g/mol. The first-order chi connectivity index (χ1) is 7.06. The van der Waals surface area contributed by atoms with Gasteiger partial charge in [0.05, 0.1) is 17.1 Å². The van der Waals surface area contributed by atoms with Crippen molar-refractivity contribution >= 4 is 45.0 Å². The van der Waals surface area contributed by atoms with Crippen LogP contribution >= 0.6 is 27.5 Å². The Morgan fingerprint density at radius 1 is 1.60 bits per heavy atom. The molecule has 0 aliphatic heterocycles. The molecule has 1 aromatic carbocycles. The van der Waals surface area contributed by atoms with Crippen LogP contribution in [0.1, 0.15) is 10.4 Å². The van der Waals surface area contributed by atoms with Gasteiger partial charge in [0.1, 0.15) is 5.84 Å². The van der Waals surface area contributed by atoms with Gasteiger partial charge in [-0.25, -0.2) is 9.79 Å². The molecular formula is C9H8BrClN2O2. The van der Waals surface area contributed by atoms with Crippen molar-refractivity contribution in [2.75, 3.05) is 5.88 Å². The predicted molar refractivity (Wildman–Crippen MR) is 63.1 cm³/mol. The Bertz CT molecular complexity index is 421. The second kappa shape index (κ2) is 5.14. The molecule has 1 aromatic rings. The summed E-state index contributed by atoms with van der Waals surface area (Å²) in [5.74, 6) is -0.830. The molecule has 0 heterocycles. The number of aliphatic imine (C=N–C) groups is 1. The van der Waals surface area contributed by atoms with Crippen LogP contribution in [-0.2, 0) is 0 Å². The maximum Gasteiger partial charge on any atom is 0.337 e. The van der Waals surface area contributed by atoms with Gasteiger partial charge in [-0.2, -0.15) is 0 Å². The van der Waals surface area contributed by atoms with E-state index in [-0.39, 0.29) is 23.0 Å². The molecule has 0 aliphatic carbocycles. The quantitative estimate of drug-likeness (QED) is 0.510. The molecule has 6 heteroatoms. The lowest BCUT2D eigenvalue weighted by Crippen LogP contribution is -2.13. The summed E-state index contributed by atoms with van der Waals surface area (Å²) in [6.45, 7) is 0. The van der Waals surface area contributed by atoms with Crippen LogP contribution in [-0.4, -0.2) is 22.8 Å². The van der Waals surface area contributed by atoms with Gasteiger partial charge in [0.2, 0.25) is 0 Å². The van der Waals surface area contributed by atoms with E-state index in [1.54, 1.807) is 12.1 Å². The number of hydrogen-bond donors (Lipinski definition) is 2. The number of hydrogen-bond acceptors (Lipinski definition) is 2. The van der Waals surface area contributed by atoms with E-state index in [0.717, 1.165) is 0 Å². The molecule has 80 valence electrons. The van der Waals surface area contributed by atoms with Crippen molar-refractivity contribution in [1.82, 2.24) is 0 Å². The van der Waals surface area contributed by atoms with Gasteiger partial charge >= 0.3 is 5.97 Å². The van der Waals surface area contributed by atoms with E-state index in [2.05, 4.69) is 20.9 Å². The fraction of sp³-hybridized carbons (Fsp3) is 0.111. The van der Waals surface area contributed by atoms with Crippen molar-refractivity contribution in [3.63, 3.8) is 0 Å². The summed E-state index contributed by atoms with van der Waals surface area (Å²) >= 11 is 8.67. The molecule has 1 rings (SSSR count). The molecule has 4 nitrogen and oxygen atoms in total. The molecule has 0 aromatic heterocycles. The number of nitrogens with two attached hydrogens (primary N) is 1. The van der Waals surface area contributed by atoms with Gasteiger partial charge in [-0.15, -0.1) is 11.6 Å². The summed E-state index contributed by atoms with van der Waals surface area (Å²) in [4.78, 5) is 14.8. The van der Waals surface area contributed by atoms with Crippen LogP contribution < -0.4 is 5.73 Å². The molecular weight excluding hydrogens is 283 g/mol. The number of benzene rings is 1. The summed E-state index contributed by atoms with van der Waals surface area (Å²) in [5, 5.41) is 8.91. The highest BCUT2D eigenvalue weighted by Gasteiger charge is 2.12. The summed E-state index contributed by atoms with van der Waals surface area (Å²) in [6.07, 6.45) is 0. The number of halogens is 2. The average Bonchev–Trinajstić information content (AvgIpc) is 2.20. The smallest absolute Gasteiger partial charge is 0.337 e. The number of amidine groups is 1. The van der Waals surface area contributed by atoms with Crippen LogP contribution in [0.25, 0.3) is 0 Å². The molecule has 0 atom stereocenters. The first-order valence-corrected chi connectivity index (χ1v) is 5.29. The molecule has 0 bridgehead atoms. The number of carbonyl (C=O) groups is 1. The molecule has 0 unspecified atom stereocenters. The number of para-hydroxylation sites is 1. The maximum atomic E-state index is 10.9. The van der Waals surface area contributed by atoms with Crippen molar-refractivity contribution in [2.24, 2.45) is 10.7 Å². The zero-order valence-corrected chi connectivity index (χ0v) is 9.92. The zero-order chi connectivity index (χ0) is 11.4. The van der Waals surface area contributed by atoms with Gasteiger partial charge < -0.3 is 10.8 Å². The third-order valence-corrected chi connectivity index (χ3v) is 2.52. The molecule has 0 amide bonds. The topological polar surface area (TPSA) is 75.7 Å². The predicted octanol–water partition coefficient (Wildman–Crippen LogP) is 2.37. The van der Waals surface area contributed by atoms with Crippen LogP contribution in [0.15, 0.2) is 27.7 Å². The highest BCUT2D eigenvalue weighted by atomic mass is 79.9. The fourth-order valence-corrected chi connectivity index (χ4v) is 1.49. The lowest BCUT2D eigenvalue weighted by molar-refractivity contribution is 0.0698. The molecule has 15 heavy (non-hydrogen) atoms. The van der Waals surface area contributed by atoms with Crippen molar-refractivity contribution in [1.29, 1.82) is 0 Å². The third kappa shape index (κ3) is 2.94. The van der Waals surface area contributed by atoms with Crippen molar-refractivity contribution in [3.8, 4) is 0 Å². The molecule has 0 saturated carbocycles. The molecule has 3 N–H and O–H groups in total. The Morgan fingerprint density at radius 3 is 2.80 bits per heavy atom. The standard InChI is InChI=1S/C9H8BrClN2O2/c10-6-3-1-2-5(9(14)15)8(6)13-7(12)4-11/h1-3H,4H2,(H2,12,13)(H,14,15). The van der Waals surface area contributed by atoms with Crippen LogP contribution in [0.3, 0.4) is 0 Å². The summed E-state index contributed by atoms with van der Waals surface area (Å²) in [5.41, 5.74) is 5.81. The summed E-state index contributed by atoms with van der Waals surface area (Å²) < 4.78 is 0.565. The van der Waals surface area contributed by atoms with Crippen molar-refractivity contribution in [3.05, 3.63) is 28.2 Å². The van der Waals surface area contributed by atoms with Gasteiger partial charge in [-0.1, -0.05) is 6.07 Å². The van der Waals surface area contributed by atoms with Crippen molar-refractivity contribution < 1.29 is 9.90 Å². The number of rotatable bonds is 3. The van der Waals surface area contributed by atoms with E-state index in [1.165, 1.54) is 6.07 Å². The van der Waals surface area contributed by atoms with E-state index in [0.29, 0.717) is 4.47 Å². The third-order valence-electron chi connectivity index (χ3n) is 1.61. The second-order valence-corrected chi connectivity index (χ2v) is 3.80. The Morgan fingerprint density at radius 2 is 2.27 bits per heavy atom. The van der Waals surface area contributed by atoms with E-state index in [4.69, 9.17) is 22.4 Å². The lowest BCUT2D eigenvalue weighted by atomic mass is 10.2. The van der Waals surface area contributed by atoms with E-state index < -0.39 is 5.97 Å². The minimum Gasteiger partial charge on any atom is -0.478 e. The fourth-order valence-electron chi connectivity index (χ4n) is 0.975. The van der Waals surface area contributed by atoms with Crippen LogP contribution in [0.4, 0.5) is 5.69 Å². The normalized spacial score (nSPS) is 11.5. The zero-order valence-electron chi connectivity index (χ0n) is 7.58. The number of carboxylic acids is 1. The number of nitrogens with zero attached hydrogens (tertiary/aromatic N) is 1. The molecule has 0 spiro atoms. The summed E-state index contributed by atoms with van der Waals surface area (Å²) in [7, 11) is 0. The highest BCUT2D eigenvalue weighted by Crippen LogP contribution is 2.29. The SMILES string of the molecule is NC(CCl)=Nc1c(Br)cccc1C(=O)O. The van der Waals surface area contributed by atoms with E-state index in [1.807, 2.05) is 0 Å². The van der Waals surface area contributed by atoms with Gasteiger partial charge in [0.25, 0.3) is 0 Å². The molecule has 0 saturated heterocycles. The molecule has 0 aliphatic rings. The van der Waals surface area contributed by atoms with Gasteiger partial charge in [0, 0.05) is 4.47 Å². The molecule has 0 radical (unpaired) electrons. The minimum atomic E-state index is -1.06. The van der Waals surface area contributed by atoms with Gasteiger partial charge in [0.15, 0.2) is 0 Å². The van der Waals surface area contributed by atoms with Gasteiger partial charge in [-0.3, -0.25) is 0 Å². The van der Waals surface area contributed by atoms with Crippen LogP contribution in [0.5, 0.6) is 0 Å². The Labute approximate surface area is 99.9 Å². The second-order valence-electron chi connectivity index (χ2n) is 2.68. The Balaban J connectivity index is 3.31. The lowest BCUT2D eigenvalue weighted by Gasteiger charge is -2.04. The number of aromatic carboxylic acids is 1. The average molecular weight is 292 g/mol. The molecule has 0 fully saturated rings. The van der Waals surface area contributed by atoms with Crippen molar-refractivity contribution in [2.45, 2.75) is 0 Å². The largest absolute Gasteiger partial charge is 0.478 e. The van der Waals surface area contributed by atoms with E-state index in [9.17, 15) is 4.79 Å². The maximum absolute atomic E-state index is 10.9. The Kier molecular flexibility index (Phi) is 4.11. The number of carboxylic acid groups (broad SMARTS) is 1. The summed E-state index contributed by atoms with van der Waals surface area (Å²) in [6, 6.07) is 4.75. The van der Waals surface area contributed by atoms with Crippen LogP contribution in [0, 0.1) is 0 Å².